The summed E-state index contributed by atoms with van der Waals surface area (Å²) in [7, 11) is 0. The fraction of sp³-hybridized carbons (Fsp3) is 0.200. The molecule has 4 aromatic rings. The lowest BCUT2D eigenvalue weighted by Crippen LogP contribution is -2.22. The molecular formula is C25H23FN4O3S. The number of carbonyl (C=O) groups is 2. The second-order valence-electron chi connectivity index (χ2n) is 7.62. The quantitative estimate of drug-likeness (QED) is 0.279. The van der Waals surface area contributed by atoms with Crippen LogP contribution in [0.4, 0.5) is 4.39 Å². The normalized spacial score (nSPS) is 10.9. The molecule has 0 fully saturated rings. The molecule has 0 atom stereocenters. The van der Waals surface area contributed by atoms with Crippen LogP contribution in [0, 0.1) is 12.7 Å². The minimum Gasteiger partial charge on any atom is -0.469 e. The lowest BCUT2D eigenvalue weighted by Gasteiger charge is -2.10. The third-order valence-electron chi connectivity index (χ3n) is 5.22. The summed E-state index contributed by atoms with van der Waals surface area (Å²) in [6.07, 6.45) is 1.95. The number of ketones is 1. The van der Waals surface area contributed by atoms with E-state index in [1.165, 1.54) is 24.8 Å². The molecular weight excluding hydrogens is 455 g/mol. The van der Waals surface area contributed by atoms with Gasteiger partial charge in [0, 0.05) is 24.7 Å². The third-order valence-corrected chi connectivity index (χ3v) is 6.15. The van der Waals surface area contributed by atoms with E-state index in [2.05, 4.69) is 15.5 Å². The lowest BCUT2D eigenvalue weighted by atomic mass is 10.1. The SMILES string of the molecule is CC(=O)NCCc1ccc(C(=O)CSc2nnc(-c3ccoc3C)n2-c2ccccc2)cc1F. The van der Waals surface area contributed by atoms with E-state index in [1.54, 1.807) is 18.4 Å². The monoisotopic (exact) mass is 478 g/mol. The molecule has 4 rings (SSSR count). The number of benzene rings is 2. The average Bonchev–Trinajstić information content (AvgIpc) is 3.44. The number of carbonyl (C=O) groups excluding carboxylic acids is 2. The standard InChI is InChI=1S/C25H23FN4O3S/c1-16-21(11-13-33-16)24-28-29-25(30(24)20-6-4-3-5-7-20)34-15-23(32)19-9-8-18(22(26)14-19)10-12-27-17(2)31/h3-9,11,13-14H,10,12,15H2,1-2H3,(H,27,31). The van der Waals surface area contributed by atoms with Crippen molar-refractivity contribution >= 4 is 23.5 Å². The molecule has 34 heavy (non-hydrogen) atoms. The van der Waals surface area contributed by atoms with Crippen LogP contribution < -0.4 is 5.32 Å². The van der Waals surface area contributed by atoms with Gasteiger partial charge in [0.25, 0.3) is 0 Å². The molecule has 0 spiro atoms. The van der Waals surface area contributed by atoms with Crippen LogP contribution in [0.5, 0.6) is 0 Å². The Morgan fingerprint density at radius 3 is 2.59 bits per heavy atom. The summed E-state index contributed by atoms with van der Waals surface area (Å²) >= 11 is 1.24. The molecule has 7 nitrogen and oxygen atoms in total. The number of amides is 1. The van der Waals surface area contributed by atoms with Crippen molar-refractivity contribution < 1.29 is 18.4 Å². The fourth-order valence-corrected chi connectivity index (χ4v) is 4.32. The molecule has 2 aromatic heterocycles. The number of nitrogens with zero attached hydrogens (tertiary/aromatic N) is 3. The Hall–Kier alpha value is -3.72. The summed E-state index contributed by atoms with van der Waals surface area (Å²) in [5.74, 6) is 0.541. The second kappa shape index (κ2) is 10.5. The number of nitrogens with one attached hydrogen (secondary N) is 1. The predicted octanol–water partition coefficient (Wildman–Crippen LogP) is 4.63. The van der Waals surface area contributed by atoms with Gasteiger partial charge in [-0.25, -0.2) is 4.39 Å². The number of para-hydroxylation sites is 1. The largest absolute Gasteiger partial charge is 0.469 e. The summed E-state index contributed by atoms with van der Waals surface area (Å²) in [6, 6.07) is 15.9. The van der Waals surface area contributed by atoms with Crippen molar-refractivity contribution in [1.29, 1.82) is 0 Å². The van der Waals surface area contributed by atoms with Gasteiger partial charge in [-0.2, -0.15) is 0 Å². The molecule has 0 saturated heterocycles. The number of hydrogen-bond donors (Lipinski definition) is 1. The molecule has 0 aliphatic carbocycles. The highest BCUT2D eigenvalue weighted by Crippen LogP contribution is 2.30. The highest BCUT2D eigenvalue weighted by Gasteiger charge is 2.20. The number of Topliss-reactive ketones (excluding diaryl/α,β-unsaturated/α-hetero) is 1. The van der Waals surface area contributed by atoms with Crippen LogP contribution in [0.3, 0.4) is 0 Å². The molecule has 2 heterocycles. The van der Waals surface area contributed by atoms with Crippen molar-refractivity contribution in [3.05, 3.63) is 83.6 Å². The summed E-state index contributed by atoms with van der Waals surface area (Å²) in [6.45, 7) is 3.60. The van der Waals surface area contributed by atoms with Gasteiger partial charge in [-0.1, -0.05) is 42.1 Å². The molecule has 0 saturated carbocycles. The third kappa shape index (κ3) is 5.26. The Kier molecular flexibility index (Phi) is 7.22. The van der Waals surface area contributed by atoms with E-state index in [-0.39, 0.29) is 23.0 Å². The zero-order valence-electron chi connectivity index (χ0n) is 18.7. The molecule has 0 bridgehead atoms. The minimum atomic E-state index is -0.466. The Labute approximate surface area is 200 Å². The Balaban J connectivity index is 1.52. The number of thioether (sulfide) groups is 1. The predicted molar refractivity (Wildman–Crippen MR) is 128 cm³/mol. The number of hydrogen-bond acceptors (Lipinski definition) is 6. The van der Waals surface area contributed by atoms with E-state index in [4.69, 9.17) is 4.42 Å². The van der Waals surface area contributed by atoms with Gasteiger partial charge < -0.3 is 9.73 Å². The van der Waals surface area contributed by atoms with Gasteiger partial charge in [-0.15, -0.1) is 10.2 Å². The van der Waals surface area contributed by atoms with E-state index >= 15 is 0 Å². The van der Waals surface area contributed by atoms with Gasteiger partial charge in [0.2, 0.25) is 5.91 Å². The van der Waals surface area contributed by atoms with Gasteiger partial charge in [0.05, 0.1) is 17.6 Å². The van der Waals surface area contributed by atoms with Crippen LogP contribution >= 0.6 is 11.8 Å². The average molecular weight is 479 g/mol. The summed E-state index contributed by atoms with van der Waals surface area (Å²) < 4.78 is 21.8. The summed E-state index contributed by atoms with van der Waals surface area (Å²) in [4.78, 5) is 23.8. The van der Waals surface area contributed by atoms with Crippen molar-refractivity contribution in [2.24, 2.45) is 0 Å². The van der Waals surface area contributed by atoms with Crippen LogP contribution in [0.15, 0.2) is 70.4 Å². The van der Waals surface area contributed by atoms with Gasteiger partial charge >= 0.3 is 0 Å². The van der Waals surface area contributed by atoms with E-state index < -0.39 is 5.82 Å². The Morgan fingerprint density at radius 1 is 1.12 bits per heavy atom. The topological polar surface area (TPSA) is 90.0 Å². The molecule has 1 N–H and O–H groups in total. The summed E-state index contributed by atoms with van der Waals surface area (Å²) in [5.41, 5.74) is 2.39. The highest BCUT2D eigenvalue weighted by molar-refractivity contribution is 7.99. The van der Waals surface area contributed by atoms with Crippen molar-refractivity contribution in [3.63, 3.8) is 0 Å². The molecule has 174 valence electrons. The number of furan rings is 1. The zero-order chi connectivity index (χ0) is 24.1. The van der Waals surface area contributed by atoms with Crippen molar-refractivity contribution in [3.8, 4) is 17.1 Å². The second-order valence-corrected chi connectivity index (χ2v) is 8.56. The van der Waals surface area contributed by atoms with Gasteiger partial charge in [0.1, 0.15) is 11.6 Å². The Morgan fingerprint density at radius 2 is 1.91 bits per heavy atom. The van der Waals surface area contributed by atoms with Crippen LogP contribution in [0.25, 0.3) is 17.1 Å². The van der Waals surface area contributed by atoms with Gasteiger partial charge in [-0.3, -0.25) is 14.2 Å². The van der Waals surface area contributed by atoms with Gasteiger partial charge in [0.15, 0.2) is 16.8 Å². The molecule has 0 unspecified atom stereocenters. The van der Waals surface area contributed by atoms with Crippen LogP contribution in [-0.4, -0.2) is 38.8 Å². The first kappa shape index (κ1) is 23.4. The minimum absolute atomic E-state index is 0.0695. The molecule has 0 radical (unpaired) electrons. The fourth-order valence-electron chi connectivity index (χ4n) is 3.47. The van der Waals surface area contributed by atoms with Crippen LogP contribution in [0.1, 0.15) is 28.6 Å². The molecule has 1 amide bonds. The first-order valence-electron chi connectivity index (χ1n) is 10.7. The van der Waals surface area contributed by atoms with E-state index in [0.717, 1.165) is 11.3 Å². The lowest BCUT2D eigenvalue weighted by molar-refractivity contribution is -0.118. The van der Waals surface area contributed by atoms with Crippen molar-refractivity contribution in [2.75, 3.05) is 12.3 Å². The molecule has 2 aromatic carbocycles. The summed E-state index contributed by atoms with van der Waals surface area (Å²) in [5, 5.41) is 11.8. The first-order valence-corrected chi connectivity index (χ1v) is 11.7. The maximum atomic E-state index is 14.5. The van der Waals surface area contributed by atoms with Crippen molar-refractivity contribution in [1.82, 2.24) is 20.1 Å². The maximum Gasteiger partial charge on any atom is 0.216 e. The van der Waals surface area contributed by atoms with Gasteiger partial charge in [-0.05, 0) is 43.2 Å². The maximum absolute atomic E-state index is 14.5. The Bertz CT molecular complexity index is 1320. The zero-order valence-corrected chi connectivity index (χ0v) is 19.6. The number of halogens is 1. The smallest absolute Gasteiger partial charge is 0.216 e. The van der Waals surface area contributed by atoms with E-state index in [0.29, 0.717) is 35.3 Å². The number of aromatic nitrogens is 3. The van der Waals surface area contributed by atoms with E-state index in [9.17, 15) is 14.0 Å². The van der Waals surface area contributed by atoms with Crippen molar-refractivity contribution in [2.45, 2.75) is 25.4 Å². The van der Waals surface area contributed by atoms with E-state index in [1.807, 2.05) is 47.9 Å². The van der Waals surface area contributed by atoms with Crippen LogP contribution in [-0.2, 0) is 11.2 Å². The van der Waals surface area contributed by atoms with Crippen LogP contribution in [0.2, 0.25) is 0 Å². The molecule has 0 aliphatic rings. The number of rotatable bonds is 9. The highest BCUT2D eigenvalue weighted by atomic mass is 32.2. The number of aryl methyl sites for hydroxylation is 1. The molecule has 0 aliphatic heterocycles. The first-order chi connectivity index (χ1) is 16.4. The molecule has 9 heteroatoms.